The molecule has 3 aliphatic heterocycles. The Morgan fingerprint density at radius 3 is 2.36 bits per heavy atom. The summed E-state index contributed by atoms with van der Waals surface area (Å²) in [5.74, 6) is -2.50. The van der Waals surface area contributed by atoms with Gasteiger partial charge in [-0.15, -0.1) is 9.05 Å². The maximum Gasteiger partial charge on any atom is 0.697 e. The number of nitrogen functional groups attached to an aromatic ring is 2. The molecule has 19 nitrogen and oxygen atoms in total. The van der Waals surface area contributed by atoms with Gasteiger partial charge in [0.2, 0.25) is 0 Å². The van der Waals surface area contributed by atoms with Gasteiger partial charge in [0.1, 0.15) is 36.5 Å². The number of anilines is 2. The summed E-state index contributed by atoms with van der Waals surface area (Å²) in [6.07, 6.45) is 1.84. The highest BCUT2D eigenvalue weighted by molar-refractivity contribution is 8.07. The van der Waals surface area contributed by atoms with Gasteiger partial charge in [0, 0.05) is 23.3 Å². The molecular formula is C23H29N10O9P2S+. The molecule has 7 rings (SSSR count). The molecule has 4 aromatic heterocycles. The summed E-state index contributed by atoms with van der Waals surface area (Å²) in [6.45, 7) is -2.89. The van der Waals surface area contributed by atoms with Gasteiger partial charge in [-0.1, -0.05) is 6.92 Å². The lowest BCUT2D eigenvalue weighted by Gasteiger charge is -2.36. The maximum absolute atomic E-state index is 13.2. The van der Waals surface area contributed by atoms with E-state index < -0.39 is 57.4 Å². The number of hydrogen-bond donors (Lipinski definition) is 4. The molecule has 2 unspecified atom stereocenters. The molecule has 3 fully saturated rings. The number of aliphatic hydroxyl groups is 1. The van der Waals surface area contributed by atoms with Crippen LogP contribution in [0.2, 0.25) is 0 Å². The van der Waals surface area contributed by atoms with Crippen molar-refractivity contribution >= 4 is 60.7 Å². The Morgan fingerprint density at radius 1 is 1.00 bits per heavy atom. The van der Waals surface area contributed by atoms with E-state index in [0.29, 0.717) is 22.3 Å². The fourth-order valence-corrected chi connectivity index (χ4v) is 8.29. The van der Waals surface area contributed by atoms with Crippen molar-refractivity contribution in [2.45, 2.75) is 62.7 Å². The van der Waals surface area contributed by atoms with Crippen molar-refractivity contribution in [2.24, 2.45) is 5.92 Å². The van der Waals surface area contributed by atoms with Crippen molar-refractivity contribution in [2.75, 3.05) is 24.7 Å². The van der Waals surface area contributed by atoms with Crippen LogP contribution in [-0.4, -0.2) is 86.4 Å². The molecule has 0 spiro atoms. The van der Waals surface area contributed by atoms with Crippen molar-refractivity contribution in [1.82, 2.24) is 39.0 Å². The molecule has 7 heterocycles. The van der Waals surface area contributed by atoms with Crippen LogP contribution in [0.5, 0.6) is 0 Å². The SMILES string of the molecule is CC[C@@]1(O)OP(O)(=S)OC[C@@H]2C[C@@H](O[P+](=O)OC[C@H]3O[C@@H](n4cnc5c(N)ncnc54)C[C@@H]31)[C@H](n1cnc3c(N)ncnc31)O2. The van der Waals surface area contributed by atoms with E-state index in [2.05, 4.69) is 29.9 Å². The lowest BCUT2D eigenvalue weighted by molar-refractivity contribution is -0.200. The molecule has 0 aromatic carbocycles. The summed E-state index contributed by atoms with van der Waals surface area (Å²) in [6, 6.07) is 0. The average molecular weight is 684 g/mol. The number of nitrogens with two attached hydrogens (primary N) is 2. The summed E-state index contributed by atoms with van der Waals surface area (Å²) in [4.78, 5) is 36.1. The smallest absolute Gasteiger partial charge is 0.382 e. The predicted octanol–water partition coefficient (Wildman–Crippen LogP) is 1.44. The van der Waals surface area contributed by atoms with Gasteiger partial charge in [-0.05, 0) is 18.2 Å². The first-order chi connectivity index (χ1) is 21.5. The largest absolute Gasteiger partial charge is 0.697 e. The zero-order valence-corrected chi connectivity index (χ0v) is 26.2. The van der Waals surface area contributed by atoms with Gasteiger partial charge in [-0.3, -0.25) is 13.7 Å². The van der Waals surface area contributed by atoms with E-state index in [-0.39, 0.29) is 44.1 Å². The lowest BCUT2D eigenvalue weighted by atomic mass is 9.89. The Kier molecular flexibility index (Phi) is 8.02. The highest BCUT2D eigenvalue weighted by atomic mass is 32.5. The molecule has 0 amide bonds. The van der Waals surface area contributed by atoms with E-state index in [4.69, 9.17) is 50.8 Å². The fourth-order valence-electron chi connectivity index (χ4n) is 5.90. The third kappa shape index (κ3) is 5.70. The van der Waals surface area contributed by atoms with E-state index in [1.165, 1.54) is 25.3 Å². The Bertz CT molecular complexity index is 1810. The van der Waals surface area contributed by atoms with Gasteiger partial charge < -0.3 is 35.5 Å². The van der Waals surface area contributed by atoms with Crippen LogP contribution in [0.4, 0.5) is 11.6 Å². The maximum atomic E-state index is 13.2. The molecule has 240 valence electrons. The van der Waals surface area contributed by atoms with Crippen LogP contribution in [0, 0.1) is 5.92 Å². The topological polar surface area (TPSA) is 252 Å². The van der Waals surface area contributed by atoms with Gasteiger partial charge in [0.25, 0.3) is 0 Å². The zero-order chi connectivity index (χ0) is 31.5. The summed E-state index contributed by atoms with van der Waals surface area (Å²) >= 11 is 5.33. The summed E-state index contributed by atoms with van der Waals surface area (Å²) in [7, 11) is -2.72. The number of rotatable bonds is 3. The molecule has 2 bridgehead atoms. The standard InChI is InChI=1S/C23H28N10O9P2S/c1-2-23(34)12-4-15(32-9-30-16-18(24)26-7-28-20(16)32)40-14(12)6-37-43(35)41-13-3-11(5-38-44(36,45)42-23)39-22(13)33-10-31-17-19(25)27-8-29-21(17)33/h7-15,22,34H,2-6H2,1H3,(H4-,24,25,26,27,28,29,36,45)/p+1/t11-,12-,13+,14+,15+,22+,23+,44?/m0/s1. The normalized spacial score (nSPS) is 35.5. The first-order valence-corrected chi connectivity index (χ1v) is 17.6. The van der Waals surface area contributed by atoms with E-state index in [0.717, 1.165) is 0 Å². The van der Waals surface area contributed by atoms with Crippen molar-refractivity contribution < 1.29 is 42.1 Å². The number of ether oxygens (including phenoxy) is 2. The van der Waals surface area contributed by atoms with Crippen LogP contribution in [0.1, 0.15) is 38.6 Å². The second-order valence-corrected chi connectivity index (χ2v) is 14.4. The monoisotopic (exact) mass is 683 g/mol. The zero-order valence-electron chi connectivity index (χ0n) is 23.6. The number of imidazole rings is 2. The molecule has 0 radical (unpaired) electrons. The van der Waals surface area contributed by atoms with Crippen molar-refractivity contribution in [3.63, 3.8) is 0 Å². The Labute approximate surface area is 260 Å². The Balaban J connectivity index is 1.19. The molecule has 4 aromatic rings. The summed E-state index contributed by atoms with van der Waals surface area (Å²) in [5, 5.41) is 11.8. The molecule has 6 N–H and O–H groups in total. The molecule has 3 aliphatic rings. The number of aromatic nitrogens is 8. The van der Waals surface area contributed by atoms with Crippen molar-refractivity contribution in [3.8, 4) is 0 Å². The van der Waals surface area contributed by atoms with Crippen LogP contribution in [-0.2, 0) is 43.9 Å². The number of nitrogens with zero attached hydrogens (tertiary/aromatic N) is 8. The molecule has 0 aliphatic carbocycles. The quantitative estimate of drug-likeness (QED) is 0.223. The molecule has 3 saturated heterocycles. The number of fused-ring (bicyclic) bond motifs is 5. The molecule has 0 saturated carbocycles. The first kappa shape index (κ1) is 30.8. The van der Waals surface area contributed by atoms with Crippen LogP contribution in [0.3, 0.4) is 0 Å². The van der Waals surface area contributed by atoms with Gasteiger partial charge in [0.05, 0.1) is 31.5 Å². The highest BCUT2D eigenvalue weighted by Crippen LogP contribution is 2.54. The minimum Gasteiger partial charge on any atom is -0.382 e. The lowest BCUT2D eigenvalue weighted by Crippen LogP contribution is -2.45. The Hall–Kier alpha value is -2.87. The second-order valence-electron chi connectivity index (χ2n) is 10.7. The van der Waals surface area contributed by atoms with Crippen LogP contribution >= 0.6 is 15.0 Å². The van der Waals surface area contributed by atoms with Crippen molar-refractivity contribution in [3.05, 3.63) is 25.3 Å². The summed E-state index contributed by atoms with van der Waals surface area (Å²) in [5.41, 5.74) is 13.4. The van der Waals surface area contributed by atoms with Gasteiger partial charge >= 0.3 is 15.0 Å². The first-order valence-electron chi connectivity index (χ1n) is 13.9. The van der Waals surface area contributed by atoms with Crippen molar-refractivity contribution in [1.29, 1.82) is 0 Å². The molecule has 22 heteroatoms. The molecular weight excluding hydrogens is 654 g/mol. The highest BCUT2D eigenvalue weighted by Gasteiger charge is 2.53. The van der Waals surface area contributed by atoms with Crippen LogP contribution in [0.25, 0.3) is 22.3 Å². The van der Waals surface area contributed by atoms with Gasteiger partial charge in [0.15, 0.2) is 41.0 Å². The fraction of sp³-hybridized carbons (Fsp3) is 0.565. The van der Waals surface area contributed by atoms with E-state index >= 15 is 0 Å². The third-order valence-electron chi connectivity index (χ3n) is 8.09. The number of hydrogen-bond acceptors (Lipinski definition) is 17. The Morgan fingerprint density at radius 2 is 1.67 bits per heavy atom. The van der Waals surface area contributed by atoms with E-state index in [9.17, 15) is 14.6 Å². The minimum absolute atomic E-state index is 0.00223. The van der Waals surface area contributed by atoms with E-state index in [1.807, 2.05) is 0 Å². The van der Waals surface area contributed by atoms with Gasteiger partial charge in [-0.25, -0.2) is 29.9 Å². The summed E-state index contributed by atoms with van der Waals surface area (Å²) < 4.78 is 51.9. The molecule has 9 atom stereocenters. The third-order valence-corrected chi connectivity index (χ3v) is 10.5. The average Bonchev–Trinajstić information content (AvgIpc) is 3.79. The van der Waals surface area contributed by atoms with Gasteiger partial charge in [-0.2, -0.15) is 0 Å². The molecule has 45 heavy (non-hydrogen) atoms. The van der Waals surface area contributed by atoms with E-state index in [1.54, 1.807) is 16.1 Å². The second kappa shape index (κ2) is 11.7. The van der Waals surface area contributed by atoms with Crippen LogP contribution in [0.15, 0.2) is 25.3 Å². The predicted molar refractivity (Wildman–Crippen MR) is 157 cm³/mol. The minimum atomic E-state index is -4.05. The van der Waals surface area contributed by atoms with Crippen LogP contribution < -0.4 is 11.5 Å².